The second-order valence-corrected chi connectivity index (χ2v) is 3.16. The van der Waals surface area contributed by atoms with Crippen LogP contribution in [0, 0.1) is 0 Å². The van der Waals surface area contributed by atoms with E-state index in [1.165, 1.54) is 0 Å². The van der Waals surface area contributed by atoms with Crippen molar-refractivity contribution in [2.24, 2.45) is 0 Å². The maximum absolute atomic E-state index is 4.34. The molecule has 2 aromatic heterocycles. The van der Waals surface area contributed by atoms with Gasteiger partial charge < -0.3 is 0 Å². The molecule has 0 fully saturated rings. The van der Waals surface area contributed by atoms with Crippen LogP contribution in [0.15, 0.2) is 24.4 Å². The maximum Gasteiger partial charge on any atom is 0.0873 e. The van der Waals surface area contributed by atoms with Gasteiger partial charge in [0.15, 0.2) is 0 Å². The van der Waals surface area contributed by atoms with Crippen molar-refractivity contribution in [1.82, 2.24) is 14.8 Å². The van der Waals surface area contributed by atoms with Gasteiger partial charge in [-0.05, 0) is 24.1 Å². The number of nitrogens with zero attached hydrogens (tertiary/aromatic N) is 3. The van der Waals surface area contributed by atoms with E-state index in [0.717, 1.165) is 11.2 Å². The lowest BCUT2D eigenvalue weighted by molar-refractivity contribution is 0.715. The topological polar surface area (TPSA) is 30.2 Å². The summed E-state index contributed by atoms with van der Waals surface area (Å²) in [6.07, 6.45) is 1.76. The van der Waals surface area contributed by atoms with Crippen LogP contribution in [-0.2, 0) is 0 Å². The molecule has 2 heterocycles. The van der Waals surface area contributed by atoms with Gasteiger partial charge in [0.25, 0.3) is 0 Å². The molecule has 0 N–H and O–H groups in total. The second-order valence-electron chi connectivity index (χ2n) is 3.16. The highest BCUT2D eigenvalue weighted by Gasteiger charge is 2.01. The molecule has 0 amide bonds. The largest absolute Gasteiger partial charge is 0.158 e. The minimum atomic E-state index is 0.457. The minimum absolute atomic E-state index is 0.457. The van der Waals surface area contributed by atoms with Crippen LogP contribution in [0.2, 0.25) is 0 Å². The molecule has 2 aromatic rings. The van der Waals surface area contributed by atoms with E-state index < -0.39 is 0 Å². The lowest BCUT2D eigenvalue weighted by Crippen LogP contribution is -1.99. The van der Waals surface area contributed by atoms with Gasteiger partial charge in [-0.15, -0.1) is 0 Å². The van der Waals surface area contributed by atoms with Crippen molar-refractivity contribution in [3.63, 3.8) is 0 Å². The van der Waals surface area contributed by atoms with E-state index in [2.05, 4.69) is 24.0 Å². The maximum atomic E-state index is 4.34. The summed E-state index contributed by atoms with van der Waals surface area (Å²) < 4.78 is 1.66. The third-order valence-corrected chi connectivity index (χ3v) is 1.88. The standard InChI is InChI=1S/C9H11N3/c1-7(2)9-4-3-8-5-6-10-12(8)11-9/h3-7H,1-2H3. The van der Waals surface area contributed by atoms with Crippen molar-refractivity contribution in [2.45, 2.75) is 19.8 Å². The number of hydrogen-bond donors (Lipinski definition) is 0. The van der Waals surface area contributed by atoms with Crippen molar-refractivity contribution >= 4 is 5.52 Å². The smallest absolute Gasteiger partial charge is 0.0873 e. The average Bonchev–Trinajstić information content (AvgIpc) is 2.49. The van der Waals surface area contributed by atoms with Gasteiger partial charge in [-0.3, -0.25) is 0 Å². The van der Waals surface area contributed by atoms with E-state index in [0.29, 0.717) is 5.92 Å². The Morgan fingerprint density at radius 3 is 2.83 bits per heavy atom. The third-order valence-electron chi connectivity index (χ3n) is 1.88. The highest BCUT2D eigenvalue weighted by Crippen LogP contribution is 2.11. The van der Waals surface area contributed by atoms with Crippen LogP contribution in [0.4, 0.5) is 0 Å². The molecule has 0 aliphatic heterocycles. The van der Waals surface area contributed by atoms with Crippen molar-refractivity contribution in [3.8, 4) is 0 Å². The Labute approximate surface area is 71.0 Å². The van der Waals surface area contributed by atoms with Crippen LogP contribution in [0.3, 0.4) is 0 Å². The molecule has 3 nitrogen and oxygen atoms in total. The van der Waals surface area contributed by atoms with Crippen LogP contribution in [0.25, 0.3) is 5.52 Å². The summed E-state index contributed by atoms with van der Waals surface area (Å²) in [5, 5.41) is 8.41. The van der Waals surface area contributed by atoms with Crippen LogP contribution >= 0.6 is 0 Å². The summed E-state index contributed by atoms with van der Waals surface area (Å²) in [4.78, 5) is 0. The first-order chi connectivity index (χ1) is 5.77. The van der Waals surface area contributed by atoms with Gasteiger partial charge in [0.2, 0.25) is 0 Å². The van der Waals surface area contributed by atoms with Crippen LogP contribution in [0.1, 0.15) is 25.5 Å². The van der Waals surface area contributed by atoms with Gasteiger partial charge in [-0.25, -0.2) is 0 Å². The molecule has 0 aliphatic rings. The molecular formula is C9H11N3. The fourth-order valence-corrected chi connectivity index (χ4v) is 1.13. The number of rotatable bonds is 1. The summed E-state index contributed by atoms with van der Waals surface area (Å²) in [7, 11) is 0. The Hall–Kier alpha value is -1.38. The van der Waals surface area contributed by atoms with Gasteiger partial charge >= 0.3 is 0 Å². The Kier molecular flexibility index (Phi) is 1.57. The molecular weight excluding hydrogens is 150 g/mol. The molecule has 62 valence electrons. The van der Waals surface area contributed by atoms with Crippen molar-refractivity contribution in [3.05, 3.63) is 30.1 Å². The second kappa shape index (κ2) is 2.59. The summed E-state index contributed by atoms with van der Waals surface area (Å²) >= 11 is 0. The van der Waals surface area contributed by atoms with Crippen molar-refractivity contribution in [2.75, 3.05) is 0 Å². The molecule has 0 saturated heterocycles. The summed E-state index contributed by atoms with van der Waals surface area (Å²) in [6, 6.07) is 6.02. The van der Waals surface area contributed by atoms with E-state index in [9.17, 15) is 0 Å². The minimum Gasteiger partial charge on any atom is -0.158 e. The molecule has 3 heteroatoms. The monoisotopic (exact) mass is 161 g/mol. The molecule has 0 saturated carbocycles. The van der Waals surface area contributed by atoms with Crippen molar-refractivity contribution < 1.29 is 0 Å². The molecule has 0 aromatic carbocycles. The average molecular weight is 161 g/mol. The molecule has 0 bridgehead atoms. The quantitative estimate of drug-likeness (QED) is 0.639. The fraction of sp³-hybridized carbons (Fsp3) is 0.333. The SMILES string of the molecule is CC(C)c1ccc2ccnn2n1. The summed E-state index contributed by atoms with van der Waals surface area (Å²) in [5.74, 6) is 0.457. The predicted octanol–water partition coefficient (Wildman–Crippen LogP) is 1.85. The van der Waals surface area contributed by atoms with E-state index in [4.69, 9.17) is 0 Å². The molecule has 0 unspecified atom stereocenters. The van der Waals surface area contributed by atoms with Gasteiger partial charge in [0, 0.05) is 0 Å². The highest BCUT2D eigenvalue weighted by molar-refractivity contribution is 5.43. The van der Waals surface area contributed by atoms with Crippen molar-refractivity contribution in [1.29, 1.82) is 0 Å². The van der Waals surface area contributed by atoms with Gasteiger partial charge in [-0.2, -0.15) is 14.8 Å². The zero-order valence-electron chi connectivity index (χ0n) is 7.23. The molecule has 0 spiro atoms. The third kappa shape index (κ3) is 1.07. The lowest BCUT2D eigenvalue weighted by Gasteiger charge is -2.02. The van der Waals surface area contributed by atoms with Gasteiger partial charge in [0.05, 0.1) is 17.4 Å². The Morgan fingerprint density at radius 1 is 1.25 bits per heavy atom. The predicted molar refractivity (Wildman–Crippen MR) is 47.1 cm³/mol. The Bertz CT molecular complexity index is 389. The first kappa shape index (κ1) is 7.28. The Balaban J connectivity index is 2.60. The highest BCUT2D eigenvalue weighted by atomic mass is 15.4. The molecule has 12 heavy (non-hydrogen) atoms. The molecule has 0 radical (unpaired) electrons. The van der Waals surface area contributed by atoms with E-state index in [1.807, 2.05) is 18.2 Å². The molecule has 0 aliphatic carbocycles. The van der Waals surface area contributed by atoms with Gasteiger partial charge in [0.1, 0.15) is 0 Å². The fourth-order valence-electron chi connectivity index (χ4n) is 1.13. The van der Waals surface area contributed by atoms with Gasteiger partial charge in [-0.1, -0.05) is 13.8 Å². The summed E-state index contributed by atoms with van der Waals surface area (Å²) in [6.45, 7) is 4.25. The van der Waals surface area contributed by atoms with Crippen LogP contribution in [0.5, 0.6) is 0 Å². The van der Waals surface area contributed by atoms with E-state index in [1.54, 1.807) is 10.8 Å². The number of hydrogen-bond acceptors (Lipinski definition) is 2. The summed E-state index contributed by atoms with van der Waals surface area (Å²) in [5.41, 5.74) is 2.12. The normalized spacial score (nSPS) is 11.2. The van der Waals surface area contributed by atoms with Crippen LogP contribution in [-0.4, -0.2) is 14.8 Å². The first-order valence-electron chi connectivity index (χ1n) is 4.08. The zero-order chi connectivity index (χ0) is 8.55. The number of fused-ring (bicyclic) bond motifs is 1. The van der Waals surface area contributed by atoms with E-state index in [-0.39, 0.29) is 0 Å². The first-order valence-corrected chi connectivity index (χ1v) is 4.08. The number of aromatic nitrogens is 3. The molecule has 2 rings (SSSR count). The lowest BCUT2D eigenvalue weighted by atomic mass is 10.1. The zero-order valence-corrected chi connectivity index (χ0v) is 7.23. The Morgan fingerprint density at radius 2 is 2.08 bits per heavy atom. The van der Waals surface area contributed by atoms with E-state index >= 15 is 0 Å². The van der Waals surface area contributed by atoms with Crippen LogP contribution < -0.4 is 0 Å². The molecule has 0 atom stereocenters.